The second kappa shape index (κ2) is 8.57. The number of para-hydroxylation sites is 1. The number of nitrogens with zero attached hydrogens (tertiary/aromatic N) is 1. The van der Waals surface area contributed by atoms with Crippen molar-refractivity contribution in [2.75, 3.05) is 17.7 Å². The van der Waals surface area contributed by atoms with E-state index in [2.05, 4.69) is 5.32 Å². The molecule has 1 unspecified atom stereocenters. The van der Waals surface area contributed by atoms with Crippen LogP contribution in [0.4, 0.5) is 5.69 Å². The predicted octanol–water partition coefficient (Wildman–Crippen LogP) is 4.58. The summed E-state index contributed by atoms with van der Waals surface area (Å²) in [6.45, 7) is 4.03. The summed E-state index contributed by atoms with van der Waals surface area (Å²) in [4.78, 5) is 26.0. The Morgan fingerprint density at radius 2 is 2.00 bits per heavy atom. The number of ether oxygens (including phenoxy) is 1. The summed E-state index contributed by atoms with van der Waals surface area (Å²) in [5.41, 5.74) is 3.03. The maximum absolute atomic E-state index is 13.3. The number of rotatable bonds is 6. The number of amides is 1. The smallest absolute Gasteiger partial charge is 0.316 e. The van der Waals surface area contributed by atoms with Crippen LogP contribution in [-0.2, 0) is 14.3 Å². The average molecular weight is 440 g/mol. The zero-order chi connectivity index (χ0) is 21.3. The molecule has 30 heavy (non-hydrogen) atoms. The molecule has 0 saturated carbocycles. The largest absolute Gasteiger partial charge is 0.465 e. The zero-order valence-corrected chi connectivity index (χ0v) is 18.2. The first-order valence-corrected chi connectivity index (χ1v) is 11.4. The van der Waals surface area contributed by atoms with E-state index in [9.17, 15) is 9.59 Å². The van der Waals surface area contributed by atoms with E-state index in [0.29, 0.717) is 18.0 Å². The molecular formula is C22H21N3O3S2. The van der Waals surface area contributed by atoms with Crippen LogP contribution in [0.1, 0.15) is 25.5 Å². The van der Waals surface area contributed by atoms with Gasteiger partial charge in [-0.05, 0) is 43.0 Å². The lowest BCUT2D eigenvalue weighted by atomic mass is 9.89. The Morgan fingerprint density at radius 3 is 2.73 bits per heavy atom. The van der Waals surface area contributed by atoms with Crippen LogP contribution in [0.25, 0.3) is 0 Å². The van der Waals surface area contributed by atoms with Crippen molar-refractivity contribution < 1.29 is 14.3 Å². The number of esters is 1. The highest BCUT2D eigenvalue weighted by Gasteiger charge is 2.43. The fourth-order valence-electron chi connectivity index (χ4n) is 3.65. The second-order valence-electron chi connectivity index (χ2n) is 6.77. The average Bonchev–Trinajstić information content (AvgIpc) is 3.30. The Bertz CT molecular complexity index is 1090. The summed E-state index contributed by atoms with van der Waals surface area (Å²) in [6, 6.07) is 13.2. The maximum atomic E-state index is 13.3. The van der Waals surface area contributed by atoms with Crippen molar-refractivity contribution in [1.29, 1.82) is 5.41 Å². The summed E-state index contributed by atoms with van der Waals surface area (Å²) in [5, 5.41) is 11.7. The van der Waals surface area contributed by atoms with Crippen molar-refractivity contribution in [3.05, 3.63) is 74.6 Å². The number of anilines is 1. The highest BCUT2D eigenvalue weighted by molar-refractivity contribution is 8.24. The molecule has 1 amide bonds. The van der Waals surface area contributed by atoms with Gasteiger partial charge in [0.1, 0.15) is 5.84 Å². The number of allylic oxidation sites excluding steroid dienone is 2. The van der Waals surface area contributed by atoms with Gasteiger partial charge in [-0.15, -0.1) is 11.8 Å². The molecule has 0 spiro atoms. The summed E-state index contributed by atoms with van der Waals surface area (Å²) in [6.07, 6.45) is 1.84. The molecule has 154 valence electrons. The van der Waals surface area contributed by atoms with Gasteiger partial charge in [0.15, 0.2) is 0 Å². The van der Waals surface area contributed by atoms with Crippen LogP contribution in [0, 0.1) is 5.41 Å². The lowest BCUT2D eigenvalue weighted by molar-refractivity contribution is -0.139. The van der Waals surface area contributed by atoms with E-state index >= 15 is 0 Å². The molecule has 8 heteroatoms. The Balaban J connectivity index is 1.68. The van der Waals surface area contributed by atoms with E-state index in [1.54, 1.807) is 11.5 Å². The number of benzene rings is 1. The minimum atomic E-state index is -0.331. The fourth-order valence-corrected chi connectivity index (χ4v) is 6.06. The molecule has 6 nitrogen and oxygen atoms in total. The summed E-state index contributed by atoms with van der Waals surface area (Å²) >= 11 is 2.82. The lowest BCUT2D eigenvalue weighted by Gasteiger charge is -2.26. The summed E-state index contributed by atoms with van der Waals surface area (Å²) in [5.74, 6) is -0.275. The van der Waals surface area contributed by atoms with Crippen molar-refractivity contribution in [3.63, 3.8) is 0 Å². The van der Waals surface area contributed by atoms with Gasteiger partial charge in [-0.25, -0.2) is 0 Å². The normalized spacial score (nSPS) is 17.7. The van der Waals surface area contributed by atoms with E-state index in [-0.39, 0.29) is 23.5 Å². The Hall–Kier alpha value is -2.71. The second-order valence-corrected chi connectivity index (χ2v) is 9.24. The fraction of sp³-hybridized carbons (Fsp3) is 0.227. The van der Waals surface area contributed by atoms with Crippen LogP contribution >= 0.6 is 23.5 Å². The van der Waals surface area contributed by atoms with Crippen LogP contribution in [0.2, 0.25) is 0 Å². The van der Waals surface area contributed by atoms with Gasteiger partial charge < -0.3 is 14.6 Å². The molecule has 2 aromatic rings. The van der Waals surface area contributed by atoms with Crippen molar-refractivity contribution in [1.82, 2.24) is 4.57 Å². The van der Waals surface area contributed by atoms with Gasteiger partial charge in [0.25, 0.3) is 5.91 Å². The summed E-state index contributed by atoms with van der Waals surface area (Å²) in [7, 11) is 0. The number of carbonyl (C=O) groups is 2. The molecule has 1 atom stereocenters. The number of carbonyl (C=O) groups excluding carboxylic acids is 2. The number of hydrogen-bond acceptors (Lipinski definition) is 6. The third kappa shape index (κ3) is 3.73. The lowest BCUT2D eigenvalue weighted by Crippen LogP contribution is -2.23. The van der Waals surface area contributed by atoms with Crippen LogP contribution in [0.3, 0.4) is 0 Å². The molecular weight excluding hydrogens is 418 g/mol. The first-order valence-electron chi connectivity index (χ1n) is 9.55. The number of hydrogen-bond donors (Lipinski definition) is 2. The molecule has 0 bridgehead atoms. The molecule has 0 fully saturated rings. The minimum absolute atomic E-state index is 0.174. The number of nitrogens with one attached hydrogen (secondary N) is 2. The van der Waals surface area contributed by atoms with Gasteiger partial charge in [0, 0.05) is 28.7 Å². The highest BCUT2D eigenvalue weighted by atomic mass is 32.2. The molecule has 2 aliphatic heterocycles. The third-order valence-corrected chi connectivity index (χ3v) is 7.29. The van der Waals surface area contributed by atoms with E-state index in [1.165, 1.54) is 23.5 Å². The van der Waals surface area contributed by atoms with E-state index < -0.39 is 0 Å². The summed E-state index contributed by atoms with van der Waals surface area (Å²) < 4.78 is 7.72. The first-order chi connectivity index (χ1) is 14.5. The van der Waals surface area contributed by atoms with E-state index in [4.69, 9.17) is 10.1 Å². The molecule has 1 aromatic carbocycles. The third-order valence-electron chi connectivity index (χ3n) is 4.90. The standard InChI is InChI=1S/C22H21N3O3S2/c1-3-28-16(26)12-29-22-19-18(15-10-7-11-25(15)20(19)23)17(13(2)30-22)21(27)24-14-8-5-4-6-9-14/h4-11,18,23H,3,12H2,1-2H3,(H,24,27). The Kier molecular flexibility index (Phi) is 5.87. The SMILES string of the molecule is CCOC(=O)CSC1=C2C(=N)n3cccc3C2C(C(=O)Nc2ccccc2)=C(C)S1. The van der Waals surface area contributed by atoms with Crippen LogP contribution in [-0.4, -0.2) is 34.6 Å². The quantitative estimate of drug-likeness (QED) is 0.644. The molecule has 1 aromatic heterocycles. The minimum Gasteiger partial charge on any atom is -0.465 e. The van der Waals surface area contributed by atoms with E-state index in [1.807, 2.05) is 55.6 Å². The maximum Gasteiger partial charge on any atom is 0.316 e. The van der Waals surface area contributed by atoms with Crippen LogP contribution in [0.15, 0.2) is 68.9 Å². The Morgan fingerprint density at radius 1 is 1.23 bits per heavy atom. The molecule has 2 N–H and O–H groups in total. The van der Waals surface area contributed by atoms with Gasteiger partial charge in [-0.2, -0.15) is 0 Å². The topological polar surface area (TPSA) is 84.2 Å². The van der Waals surface area contributed by atoms with Gasteiger partial charge >= 0.3 is 5.97 Å². The zero-order valence-electron chi connectivity index (χ0n) is 16.6. The molecule has 4 rings (SSSR count). The molecule has 3 heterocycles. The van der Waals surface area contributed by atoms with Crippen molar-refractivity contribution >= 4 is 46.9 Å². The van der Waals surface area contributed by atoms with Gasteiger partial charge in [-0.1, -0.05) is 30.0 Å². The molecule has 0 saturated heterocycles. The van der Waals surface area contributed by atoms with Gasteiger partial charge in [0.05, 0.1) is 22.5 Å². The first kappa shape index (κ1) is 20.6. The van der Waals surface area contributed by atoms with Crippen LogP contribution in [0.5, 0.6) is 0 Å². The molecule has 0 aliphatic carbocycles. The van der Waals surface area contributed by atoms with Crippen LogP contribution < -0.4 is 5.32 Å². The number of thioether (sulfide) groups is 2. The number of aromatic nitrogens is 1. The van der Waals surface area contributed by atoms with Gasteiger partial charge in [0.2, 0.25) is 0 Å². The van der Waals surface area contributed by atoms with Crippen molar-refractivity contribution in [2.45, 2.75) is 19.8 Å². The highest BCUT2D eigenvalue weighted by Crippen LogP contribution is 2.53. The Labute approximate surface area is 183 Å². The van der Waals surface area contributed by atoms with Crippen molar-refractivity contribution in [3.8, 4) is 0 Å². The number of fused-ring (bicyclic) bond motifs is 3. The van der Waals surface area contributed by atoms with Gasteiger partial charge in [-0.3, -0.25) is 15.0 Å². The predicted molar refractivity (Wildman–Crippen MR) is 122 cm³/mol. The van der Waals surface area contributed by atoms with E-state index in [0.717, 1.165) is 26.1 Å². The molecule has 2 aliphatic rings. The monoisotopic (exact) mass is 439 g/mol. The molecule has 0 radical (unpaired) electrons. The van der Waals surface area contributed by atoms with Crippen molar-refractivity contribution in [2.24, 2.45) is 0 Å².